The molecule has 0 unspecified atom stereocenters. The fraction of sp³-hybridized carbons (Fsp3) is 0.182. The maximum atomic E-state index is 12.3. The fourth-order valence-electron chi connectivity index (χ4n) is 3.17. The molecule has 1 aliphatic heterocycles. The summed E-state index contributed by atoms with van der Waals surface area (Å²) in [6.07, 6.45) is 1.85. The highest BCUT2D eigenvalue weighted by Gasteiger charge is 2.35. The van der Waals surface area contributed by atoms with Gasteiger partial charge in [0, 0.05) is 13.1 Å². The van der Waals surface area contributed by atoms with Crippen LogP contribution in [0.2, 0.25) is 0 Å². The van der Waals surface area contributed by atoms with E-state index in [1.165, 1.54) is 36.4 Å². The highest BCUT2D eigenvalue weighted by Crippen LogP contribution is 2.24. The lowest BCUT2D eigenvalue weighted by Gasteiger charge is -2.09. The van der Waals surface area contributed by atoms with Crippen molar-refractivity contribution in [2.45, 2.75) is 11.3 Å². The number of fused-ring (bicyclic) bond motifs is 1. The first-order valence-corrected chi connectivity index (χ1v) is 11.3. The minimum Gasteiger partial charge on any atom is -0.452 e. The van der Waals surface area contributed by atoms with Gasteiger partial charge in [-0.2, -0.15) is 0 Å². The van der Waals surface area contributed by atoms with Crippen LogP contribution >= 0.6 is 0 Å². The number of rotatable bonds is 9. The van der Waals surface area contributed by atoms with Crippen molar-refractivity contribution >= 4 is 33.7 Å². The fourth-order valence-corrected chi connectivity index (χ4v) is 3.69. The molecule has 2 aromatic rings. The van der Waals surface area contributed by atoms with E-state index in [0.717, 1.165) is 10.5 Å². The molecule has 0 aliphatic carbocycles. The number of imide groups is 1. The zero-order valence-corrected chi connectivity index (χ0v) is 18.3. The quantitative estimate of drug-likeness (QED) is 0.309. The van der Waals surface area contributed by atoms with Crippen LogP contribution in [-0.4, -0.2) is 56.7 Å². The number of nitrogens with zero attached hydrogens (tertiary/aromatic N) is 1. The smallest absolute Gasteiger partial charge is 0.338 e. The molecule has 10 nitrogen and oxygen atoms in total. The minimum atomic E-state index is -3.77. The molecule has 11 heteroatoms. The van der Waals surface area contributed by atoms with E-state index >= 15 is 0 Å². The average molecular weight is 471 g/mol. The second-order valence-corrected chi connectivity index (χ2v) is 8.70. The van der Waals surface area contributed by atoms with Crippen LogP contribution in [0.1, 0.15) is 36.6 Å². The van der Waals surface area contributed by atoms with E-state index in [0.29, 0.717) is 6.42 Å². The number of amides is 3. The normalized spacial score (nSPS) is 12.9. The molecule has 0 aromatic heterocycles. The van der Waals surface area contributed by atoms with E-state index in [9.17, 15) is 27.6 Å². The van der Waals surface area contributed by atoms with Crippen LogP contribution in [0.15, 0.2) is 60.0 Å². The standard InChI is InChI=1S/C22H21N3O7S/c1-2-11-25-20(27)17-8-5-15(12-18(17)21(25)28)22(29)32-13-19(26)24-10-9-14-3-6-16(7-4-14)33(23,30)31/h2-8,12H,1,9-11,13H2,(H,24,26)(H2,23,30,31). The summed E-state index contributed by atoms with van der Waals surface area (Å²) in [6.45, 7) is 3.27. The Morgan fingerprint density at radius 2 is 1.73 bits per heavy atom. The number of primary sulfonamides is 1. The number of hydrogen-bond acceptors (Lipinski definition) is 7. The minimum absolute atomic E-state index is 0.00627. The number of carbonyl (C=O) groups excluding carboxylic acids is 4. The Balaban J connectivity index is 1.49. The molecule has 3 N–H and O–H groups in total. The molecule has 0 saturated carbocycles. The van der Waals surface area contributed by atoms with E-state index in [-0.39, 0.29) is 34.7 Å². The van der Waals surface area contributed by atoms with Gasteiger partial charge >= 0.3 is 5.97 Å². The van der Waals surface area contributed by atoms with Gasteiger partial charge in [0.15, 0.2) is 6.61 Å². The van der Waals surface area contributed by atoms with Gasteiger partial charge in [-0.25, -0.2) is 18.4 Å². The first-order chi connectivity index (χ1) is 15.6. The predicted octanol–water partition coefficient (Wildman–Crippen LogP) is 0.632. The summed E-state index contributed by atoms with van der Waals surface area (Å²) in [7, 11) is -3.77. The molecule has 33 heavy (non-hydrogen) atoms. The molecule has 3 amide bonds. The van der Waals surface area contributed by atoms with E-state index in [2.05, 4.69) is 11.9 Å². The highest BCUT2D eigenvalue weighted by atomic mass is 32.2. The van der Waals surface area contributed by atoms with Crippen LogP contribution < -0.4 is 10.5 Å². The van der Waals surface area contributed by atoms with Crippen LogP contribution in [-0.2, 0) is 26.0 Å². The Morgan fingerprint density at radius 1 is 1.06 bits per heavy atom. The van der Waals surface area contributed by atoms with Gasteiger partial charge in [-0.3, -0.25) is 19.3 Å². The Morgan fingerprint density at radius 3 is 2.36 bits per heavy atom. The van der Waals surface area contributed by atoms with Gasteiger partial charge in [0.05, 0.1) is 21.6 Å². The van der Waals surface area contributed by atoms with Crippen LogP contribution in [0.5, 0.6) is 0 Å². The lowest BCUT2D eigenvalue weighted by atomic mass is 10.1. The van der Waals surface area contributed by atoms with E-state index in [1.54, 1.807) is 12.1 Å². The monoisotopic (exact) mass is 471 g/mol. The molecule has 0 bridgehead atoms. The van der Waals surface area contributed by atoms with E-state index in [4.69, 9.17) is 9.88 Å². The summed E-state index contributed by atoms with van der Waals surface area (Å²) in [5.74, 6) is -2.34. The second kappa shape index (κ2) is 9.76. The zero-order chi connectivity index (χ0) is 24.2. The van der Waals surface area contributed by atoms with Gasteiger partial charge < -0.3 is 10.1 Å². The van der Waals surface area contributed by atoms with Crippen molar-refractivity contribution in [3.8, 4) is 0 Å². The summed E-state index contributed by atoms with van der Waals surface area (Å²) in [5, 5.41) is 7.62. The number of nitrogens with one attached hydrogen (secondary N) is 1. The summed E-state index contributed by atoms with van der Waals surface area (Å²) in [6, 6.07) is 9.91. The van der Waals surface area contributed by atoms with Crippen molar-refractivity contribution < 1.29 is 32.3 Å². The summed E-state index contributed by atoms with van der Waals surface area (Å²) >= 11 is 0. The molecule has 0 spiro atoms. The number of esters is 1. The Hall–Kier alpha value is -3.83. The van der Waals surface area contributed by atoms with E-state index < -0.39 is 40.3 Å². The molecule has 1 heterocycles. The molecule has 0 atom stereocenters. The molecule has 0 fully saturated rings. The van der Waals surface area contributed by atoms with Crippen molar-refractivity contribution in [2.75, 3.05) is 19.7 Å². The number of carbonyl (C=O) groups is 4. The van der Waals surface area contributed by atoms with Crippen molar-refractivity contribution in [3.05, 3.63) is 77.4 Å². The third kappa shape index (κ3) is 5.51. The number of sulfonamides is 1. The topological polar surface area (TPSA) is 153 Å². The van der Waals surface area contributed by atoms with Crippen LogP contribution in [0.25, 0.3) is 0 Å². The SMILES string of the molecule is C=CCN1C(=O)c2ccc(C(=O)OCC(=O)NCCc3ccc(S(N)(=O)=O)cc3)cc2C1=O. The van der Waals surface area contributed by atoms with Crippen LogP contribution in [0, 0.1) is 0 Å². The average Bonchev–Trinajstić information content (AvgIpc) is 3.02. The number of ether oxygens (including phenoxy) is 1. The van der Waals surface area contributed by atoms with E-state index in [1.807, 2.05) is 0 Å². The summed E-state index contributed by atoms with van der Waals surface area (Å²) in [4.78, 5) is 49.8. The third-order valence-electron chi connectivity index (χ3n) is 4.84. The lowest BCUT2D eigenvalue weighted by molar-refractivity contribution is -0.124. The third-order valence-corrected chi connectivity index (χ3v) is 5.77. The predicted molar refractivity (Wildman–Crippen MR) is 117 cm³/mol. The number of benzene rings is 2. The van der Waals surface area contributed by atoms with Gasteiger partial charge in [0.25, 0.3) is 17.7 Å². The largest absolute Gasteiger partial charge is 0.452 e. The molecular formula is C22H21N3O7S. The Labute approximate surface area is 190 Å². The van der Waals surface area contributed by atoms with Gasteiger partial charge in [-0.1, -0.05) is 18.2 Å². The molecule has 0 radical (unpaired) electrons. The molecule has 2 aromatic carbocycles. The van der Waals surface area contributed by atoms with Gasteiger partial charge in [0.1, 0.15) is 0 Å². The maximum absolute atomic E-state index is 12.3. The molecule has 0 saturated heterocycles. The molecule has 172 valence electrons. The van der Waals surface area contributed by atoms with Crippen molar-refractivity contribution in [1.29, 1.82) is 0 Å². The van der Waals surface area contributed by atoms with Gasteiger partial charge in [0.2, 0.25) is 10.0 Å². The molecular weight excluding hydrogens is 450 g/mol. The first-order valence-electron chi connectivity index (χ1n) is 9.78. The first kappa shape index (κ1) is 23.8. The maximum Gasteiger partial charge on any atom is 0.338 e. The molecule has 1 aliphatic rings. The van der Waals surface area contributed by atoms with Crippen molar-refractivity contribution in [3.63, 3.8) is 0 Å². The van der Waals surface area contributed by atoms with Gasteiger partial charge in [-0.15, -0.1) is 6.58 Å². The van der Waals surface area contributed by atoms with Crippen LogP contribution in [0.3, 0.4) is 0 Å². The number of hydrogen-bond donors (Lipinski definition) is 2. The van der Waals surface area contributed by atoms with Crippen molar-refractivity contribution in [2.24, 2.45) is 5.14 Å². The van der Waals surface area contributed by atoms with Crippen LogP contribution in [0.4, 0.5) is 0 Å². The van der Waals surface area contributed by atoms with Crippen molar-refractivity contribution in [1.82, 2.24) is 10.2 Å². The summed E-state index contributed by atoms with van der Waals surface area (Å²) in [5.41, 5.74) is 1.10. The zero-order valence-electron chi connectivity index (χ0n) is 17.4. The second-order valence-electron chi connectivity index (χ2n) is 7.13. The lowest BCUT2D eigenvalue weighted by Crippen LogP contribution is -2.30. The Bertz CT molecular complexity index is 1240. The molecule has 3 rings (SSSR count). The summed E-state index contributed by atoms with van der Waals surface area (Å²) < 4.78 is 27.5. The Kier molecular flexibility index (Phi) is 7.04. The highest BCUT2D eigenvalue weighted by molar-refractivity contribution is 7.89. The number of nitrogens with two attached hydrogens (primary N) is 1. The van der Waals surface area contributed by atoms with Gasteiger partial charge in [-0.05, 0) is 42.3 Å².